The third kappa shape index (κ3) is 2.11. The highest BCUT2D eigenvalue weighted by Crippen LogP contribution is 2.28. The second-order valence-corrected chi connectivity index (χ2v) is 5.62. The van der Waals surface area contributed by atoms with E-state index in [4.69, 9.17) is 0 Å². The molecule has 1 aliphatic rings. The molecular weight excluding hydrogens is 208 g/mol. The highest BCUT2D eigenvalue weighted by molar-refractivity contribution is 7.82. The van der Waals surface area contributed by atoms with Crippen LogP contribution in [0.2, 0.25) is 0 Å². The molecule has 2 unspecified atom stereocenters. The van der Waals surface area contributed by atoms with Crippen molar-refractivity contribution in [2.45, 2.75) is 31.2 Å². The van der Waals surface area contributed by atoms with Gasteiger partial charge >= 0.3 is 0 Å². The van der Waals surface area contributed by atoms with Gasteiger partial charge in [-0.1, -0.05) is 13.8 Å². The van der Waals surface area contributed by atoms with Gasteiger partial charge in [0.2, 0.25) is 0 Å². The maximum Gasteiger partial charge on any atom is 0.129 e. The molecule has 1 aliphatic heterocycles. The van der Waals surface area contributed by atoms with Crippen molar-refractivity contribution in [3.05, 3.63) is 24.5 Å². The maximum atomic E-state index is 12.1. The van der Waals surface area contributed by atoms with Gasteiger partial charge in [-0.15, -0.1) is 0 Å². The average molecular weight is 224 g/mol. The van der Waals surface area contributed by atoms with Crippen LogP contribution in [0.5, 0.6) is 0 Å². The molecule has 82 valence electrons. The molecule has 0 spiro atoms. The molecule has 2 rings (SSSR count). The molecule has 0 radical (unpaired) electrons. The quantitative estimate of drug-likeness (QED) is 0.785. The summed E-state index contributed by atoms with van der Waals surface area (Å²) in [6.07, 6.45) is 4.55. The first-order valence-corrected chi connectivity index (χ1v) is 6.39. The molecule has 0 bridgehead atoms. The Morgan fingerprint density at radius 3 is 2.87 bits per heavy atom. The van der Waals surface area contributed by atoms with E-state index >= 15 is 0 Å². The first-order valence-electron chi connectivity index (χ1n) is 5.28. The Hall–Kier alpha value is -0.740. The molecule has 0 aliphatic carbocycles. The maximum absolute atomic E-state index is 12.1. The lowest BCUT2D eigenvalue weighted by Gasteiger charge is -2.41. The summed E-state index contributed by atoms with van der Waals surface area (Å²) in [4.78, 5) is 4.80. The minimum absolute atomic E-state index is 0.464. The van der Waals surface area contributed by atoms with E-state index in [0.717, 1.165) is 17.9 Å². The molecule has 1 fully saturated rings. The number of rotatable bonds is 3. The Bertz CT molecular complexity index is 353. The number of nitrogens with zero attached hydrogens (tertiary/aromatic N) is 2. The Morgan fingerprint density at radius 2 is 2.40 bits per heavy atom. The van der Waals surface area contributed by atoms with Gasteiger partial charge in [-0.05, 0) is 24.5 Å². The molecule has 4 heteroatoms. The van der Waals surface area contributed by atoms with Crippen LogP contribution in [0.15, 0.2) is 29.4 Å². The van der Waals surface area contributed by atoms with Crippen LogP contribution in [0, 0.1) is 5.92 Å². The van der Waals surface area contributed by atoms with Crippen molar-refractivity contribution in [2.24, 2.45) is 5.92 Å². The van der Waals surface area contributed by atoms with Crippen molar-refractivity contribution in [1.82, 2.24) is 9.29 Å². The Balaban J connectivity index is 2.10. The standard InChI is InChI=1S/C11H16N2OS/c1-9(2)11-5-7-13(11)15(14)10-4-3-6-12-8-10/h3-4,6,8-9,11H,5,7H2,1-2H3. The summed E-state index contributed by atoms with van der Waals surface area (Å²) in [5, 5.41) is 0. The summed E-state index contributed by atoms with van der Waals surface area (Å²) in [6.45, 7) is 5.29. The third-order valence-corrected chi connectivity index (χ3v) is 4.36. The van der Waals surface area contributed by atoms with E-state index in [1.165, 1.54) is 0 Å². The predicted molar refractivity (Wildman–Crippen MR) is 60.6 cm³/mol. The van der Waals surface area contributed by atoms with Crippen LogP contribution >= 0.6 is 0 Å². The normalized spacial score (nSPS) is 23.8. The summed E-state index contributed by atoms with van der Waals surface area (Å²) in [7, 11) is -1.02. The van der Waals surface area contributed by atoms with Gasteiger partial charge in [0.1, 0.15) is 11.0 Å². The lowest BCUT2D eigenvalue weighted by Crippen LogP contribution is -2.51. The van der Waals surface area contributed by atoms with Gasteiger partial charge in [0.05, 0.1) is 4.90 Å². The fourth-order valence-corrected chi connectivity index (χ4v) is 3.32. The van der Waals surface area contributed by atoms with E-state index in [1.54, 1.807) is 12.4 Å². The number of aromatic nitrogens is 1. The summed E-state index contributed by atoms with van der Waals surface area (Å²) < 4.78 is 14.2. The monoisotopic (exact) mass is 224 g/mol. The highest BCUT2D eigenvalue weighted by atomic mass is 32.2. The number of pyridine rings is 1. The molecule has 3 nitrogen and oxygen atoms in total. The summed E-state index contributed by atoms with van der Waals surface area (Å²) in [5.41, 5.74) is 0. The largest absolute Gasteiger partial charge is 0.263 e. The van der Waals surface area contributed by atoms with Crippen LogP contribution < -0.4 is 0 Å². The van der Waals surface area contributed by atoms with E-state index in [0.29, 0.717) is 12.0 Å². The van der Waals surface area contributed by atoms with Gasteiger partial charge in [-0.3, -0.25) is 4.98 Å². The van der Waals surface area contributed by atoms with E-state index in [1.807, 2.05) is 12.1 Å². The van der Waals surface area contributed by atoms with Gasteiger partial charge < -0.3 is 0 Å². The average Bonchev–Trinajstić information content (AvgIpc) is 2.16. The van der Waals surface area contributed by atoms with Crippen molar-refractivity contribution >= 4 is 11.0 Å². The first-order chi connectivity index (χ1) is 7.20. The lowest BCUT2D eigenvalue weighted by atomic mass is 9.95. The van der Waals surface area contributed by atoms with Gasteiger partial charge in [-0.2, -0.15) is 0 Å². The van der Waals surface area contributed by atoms with Crippen LogP contribution in [0.3, 0.4) is 0 Å². The second kappa shape index (κ2) is 4.41. The number of hydrogen-bond acceptors (Lipinski definition) is 2. The minimum atomic E-state index is -1.02. The summed E-state index contributed by atoms with van der Waals surface area (Å²) in [5.74, 6) is 0.569. The van der Waals surface area contributed by atoms with Gasteiger partial charge in [0, 0.05) is 25.0 Å². The van der Waals surface area contributed by atoms with Crippen LogP contribution in [0.25, 0.3) is 0 Å². The summed E-state index contributed by atoms with van der Waals surface area (Å²) in [6, 6.07) is 4.17. The van der Waals surface area contributed by atoms with E-state index in [-0.39, 0.29) is 0 Å². The van der Waals surface area contributed by atoms with E-state index < -0.39 is 11.0 Å². The predicted octanol–water partition coefficient (Wildman–Crippen LogP) is 1.83. The van der Waals surface area contributed by atoms with Crippen molar-refractivity contribution in [2.75, 3.05) is 6.54 Å². The van der Waals surface area contributed by atoms with Gasteiger partial charge in [-0.25, -0.2) is 8.51 Å². The molecule has 2 heterocycles. The molecule has 0 saturated carbocycles. The molecule has 15 heavy (non-hydrogen) atoms. The van der Waals surface area contributed by atoms with Crippen molar-refractivity contribution in [1.29, 1.82) is 0 Å². The van der Waals surface area contributed by atoms with Crippen molar-refractivity contribution in [3.8, 4) is 0 Å². The fraction of sp³-hybridized carbons (Fsp3) is 0.545. The Morgan fingerprint density at radius 1 is 1.60 bits per heavy atom. The Kier molecular flexibility index (Phi) is 3.17. The van der Waals surface area contributed by atoms with Crippen molar-refractivity contribution in [3.63, 3.8) is 0 Å². The SMILES string of the molecule is CC(C)C1CCN1S(=O)c1cccnc1. The molecule has 1 aromatic rings. The number of hydrogen-bond donors (Lipinski definition) is 0. The van der Waals surface area contributed by atoms with E-state index in [2.05, 4.69) is 23.1 Å². The lowest BCUT2D eigenvalue weighted by molar-refractivity contribution is 0.158. The molecule has 0 aromatic carbocycles. The second-order valence-electron chi connectivity index (χ2n) is 4.18. The smallest absolute Gasteiger partial charge is 0.129 e. The van der Waals surface area contributed by atoms with E-state index in [9.17, 15) is 4.21 Å². The summed E-state index contributed by atoms with van der Waals surface area (Å²) >= 11 is 0. The van der Waals surface area contributed by atoms with Crippen LogP contribution in [0.4, 0.5) is 0 Å². The zero-order valence-electron chi connectivity index (χ0n) is 9.09. The van der Waals surface area contributed by atoms with Crippen LogP contribution in [-0.4, -0.2) is 26.1 Å². The third-order valence-electron chi connectivity index (χ3n) is 2.83. The zero-order chi connectivity index (χ0) is 10.8. The molecule has 1 aromatic heterocycles. The van der Waals surface area contributed by atoms with Crippen LogP contribution in [0.1, 0.15) is 20.3 Å². The minimum Gasteiger partial charge on any atom is -0.263 e. The van der Waals surface area contributed by atoms with Gasteiger partial charge in [0.15, 0.2) is 0 Å². The Labute approximate surface area is 93.1 Å². The topological polar surface area (TPSA) is 33.2 Å². The molecule has 2 atom stereocenters. The zero-order valence-corrected chi connectivity index (χ0v) is 9.91. The first kappa shape index (κ1) is 10.8. The fourth-order valence-electron chi connectivity index (χ4n) is 1.84. The molecule has 0 N–H and O–H groups in total. The van der Waals surface area contributed by atoms with Crippen molar-refractivity contribution < 1.29 is 4.21 Å². The van der Waals surface area contributed by atoms with Gasteiger partial charge in [0.25, 0.3) is 0 Å². The highest BCUT2D eigenvalue weighted by Gasteiger charge is 2.34. The molecule has 0 amide bonds. The van der Waals surface area contributed by atoms with Crippen LogP contribution in [-0.2, 0) is 11.0 Å². The molecule has 1 saturated heterocycles. The molecular formula is C11H16N2OS.